The van der Waals surface area contributed by atoms with Gasteiger partial charge >= 0.3 is 0 Å². The molecule has 0 aliphatic rings. The van der Waals surface area contributed by atoms with Crippen LogP contribution in [-0.4, -0.2) is 11.9 Å². The summed E-state index contributed by atoms with van der Waals surface area (Å²) < 4.78 is 0. The van der Waals surface area contributed by atoms with Gasteiger partial charge < -0.3 is 5.32 Å². The van der Waals surface area contributed by atoms with Gasteiger partial charge in [-0.25, -0.2) is 0 Å². The number of nitrogens with one attached hydrogen (secondary N) is 1. The molecule has 17 heavy (non-hydrogen) atoms. The Kier molecular flexibility index (Phi) is 5.17. The molecule has 1 rings (SSSR count). The zero-order chi connectivity index (χ0) is 12.8. The molecule has 4 heteroatoms. The molecule has 0 saturated heterocycles. The third kappa shape index (κ3) is 5.01. The maximum atomic E-state index is 11.7. The highest BCUT2D eigenvalue weighted by Gasteiger charge is 2.13. The summed E-state index contributed by atoms with van der Waals surface area (Å²) >= 11 is 1.62. The number of amides is 1. The second kappa shape index (κ2) is 6.41. The monoisotopic (exact) mass is 250 g/mol. The zero-order valence-corrected chi connectivity index (χ0v) is 11.3. The topological polar surface area (TPSA) is 52.9 Å². The van der Waals surface area contributed by atoms with Crippen molar-refractivity contribution in [2.45, 2.75) is 39.7 Å². The lowest BCUT2D eigenvalue weighted by atomic mass is 10.0. The second-order valence-electron chi connectivity index (χ2n) is 4.57. The number of carbonyl (C=O) groups excluding carboxylic acids is 1. The van der Waals surface area contributed by atoms with Crippen LogP contribution in [0.1, 0.15) is 30.0 Å². The Morgan fingerprint density at radius 2 is 2.24 bits per heavy atom. The number of hydrogen-bond donors (Lipinski definition) is 1. The molecule has 1 N–H and O–H groups in total. The summed E-state index contributed by atoms with van der Waals surface area (Å²) in [6, 6.07) is 5.72. The van der Waals surface area contributed by atoms with E-state index < -0.39 is 0 Å². The smallest absolute Gasteiger partial charge is 0.226 e. The zero-order valence-electron chi connectivity index (χ0n) is 10.5. The van der Waals surface area contributed by atoms with Crippen molar-refractivity contribution in [3.05, 3.63) is 21.9 Å². The minimum Gasteiger partial charge on any atom is -0.340 e. The minimum atomic E-state index is -0.372. The summed E-state index contributed by atoms with van der Waals surface area (Å²) in [5.41, 5.74) is 0. The first-order chi connectivity index (χ1) is 8.01. The molecule has 0 spiro atoms. The summed E-state index contributed by atoms with van der Waals surface area (Å²) in [6.07, 6.45) is 1.07. The van der Waals surface area contributed by atoms with E-state index in [1.165, 1.54) is 4.88 Å². The van der Waals surface area contributed by atoms with Gasteiger partial charge in [0.1, 0.15) is 6.04 Å². The van der Waals surface area contributed by atoms with E-state index in [1.54, 1.807) is 11.3 Å². The van der Waals surface area contributed by atoms with E-state index in [1.807, 2.05) is 32.9 Å². The van der Waals surface area contributed by atoms with E-state index in [9.17, 15) is 4.79 Å². The number of carbonyl (C=O) groups is 1. The van der Waals surface area contributed by atoms with E-state index >= 15 is 0 Å². The van der Waals surface area contributed by atoms with Gasteiger partial charge in [-0.15, -0.1) is 11.3 Å². The molecule has 0 aliphatic carbocycles. The van der Waals surface area contributed by atoms with Crippen molar-refractivity contribution in [2.75, 3.05) is 0 Å². The molecule has 1 heterocycles. The predicted octanol–water partition coefficient (Wildman–Crippen LogP) is 2.65. The Hall–Kier alpha value is -1.34. The molecule has 3 nitrogen and oxygen atoms in total. The molecule has 92 valence electrons. The number of rotatable bonds is 5. The molecule has 1 amide bonds. The first-order valence-corrected chi connectivity index (χ1v) is 6.57. The van der Waals surface area contributed by atoms with Crippen molar-refractivity contribution < 1.29 is 4.79 Å². The second-order valence-corrected chi connectivity index (χ2v) is 5.94. The van der Waals surface area contributed by atoms with Crippen molar-refractivity contribution >= 4 is 17.2 Å². The number of nitriles is 1. The SMILES string of the molecule is Cc1ccc(CC(=O)N[C@H](C#N)CC(C)C)s1. The fourth-order valence-corrected chi connectivity index (χ4v) is 2.49. The number of aryl methyl sites for hydroxylation is 1. The highest BCUT2D eigenvalue weighted by atomic mass is 32.1. The number of nitrogens with zero attached hydrogens (tertiary/aromatic N) is 1. The van der Waals surface area contributed by atoms with E-state index in [2.05, 4.69) is 11.4 Å². The molecule has 0 aromatic carbocycles. The van der Waals surface area contributed by atoms with Gasteiger partial charge in [-0.1, -0.05) is 13.8 Å². The van der Waals surface area contributed by atoms with Gasteiger partial charge in [0.2, 0.25) is 5.91 Å². The third-order valence-electron chi connectivity index (χ3n) is 2.33. The first kappa shape index (κ1) is 13.7. The van der Waals surface area contributed by atoms with Gasteiger partial charge in [0.05, 0.1) is 12.5 Å². The Morgan fingerprint density at radius 1 is 1.53 bits per heavy atom. The number of thiophene rings is 1. The van der Waals surface area contributed by atoms with Crippen molar-refractivity contribution in [1.82, 2.24) is 5.32 Å². The van der Waals surface area contributed by atoms with Crippen LogP contribution in [0.5, 0.6) is 0 Å². The molecule has 0 unspecified atom stereocenters. The molecule has 1 aromatic rings. The molecule has 1 atom stereocenters. The van der Waals surface area contributed by atoms with Gasteiger partial charge in [-0.3, -0.25) is 4.79 Å². The maximum Gasteiger partial charge on any atom is 0.226 e. The minimum absolute atomic E-state index is 0.0703. The maximum absolute atomic E-state index is 11.7. The molecule has 0 saturated carbocycles. The van der Waals surface area contributed by atoms with Crippen LogP contribution in [-0.2, 0) is 11.2 Å². The molecular formula is C13H18N2OS. The van der Waals surface area contributed by atoms with E-state index in [4.69, 9.17) is 5.26 Å². The van der Waals surface area contributed by atoms with Crippen LogP contribution < -0.4 is 5.32 Å². The molecule has 0 radical (unpaired) electrons. The van der Waals surface area contributed by atoms with Gasteiger partial charge in [0.15, 0.2) is 0 Å². The van der Waals surface area contributed by atoms with Crippen LogP contribution in [0.4, 0.5) is 0 Å². The first-order valence-electron chi connectivity index (χ1n) is 5.75. The van der Waals surface area contributed by atoms with Crippen molar-refractivity contribution in [3.63, 3.8) is 0 Å². The lowest BCUT2D eigenvalue weighted by molar-refractivity contribution is -0.120. The van der Waals surface area contributed by atoms with Crippen molar-refractivity contribution in [1.29, 1.82) is 5.26 Å². The number of hydrogen-bond acceptors (Lipinski definition) is 3. The molecular weight excluding hydrogens is 232 g/mol. The normalized spacial score (nSPS) is 12.2. The van der Waals surface area contributed by atoms with Crippen LogP contribution in [0.15, 0.2) is 12.1 Å². The largest absolute Gasteiger partial charge is 0.340 e. The van der Waals surface area contributed by atoms with Crippen LogP contribution in [0.3, 0.4) is 0 Å². The Labute approximate surface area is 106 Å². The van der Waals surface area contributed by atoms with E-state index in [-0.39, 0.29) is 11.9 Å². The summed E-state index contributed by atoms with van der Waals surface area (Å²) in [5.74, 6) is 0.336. The standard InChI is InChI=1S/C13H18N2OS/c1-9(2)6-11(8-14)15-13(16)7-12-5-4-10(3)17-12/h4-5,9,11H,6-7H2,1-3H3,(H,15,16)/t11-/m0/s1. The van der Waals surface area contributed by atoms with E-state index in [0.717, 1.165) is 4.88 Å². The fraction of sp³-hybridized carbons (Fsp3) is 0.538. The molecule has 0 fully saturated rings. The lowest BCUT2D eigenvalue weighted by Gasteiger charge is -2.13. The van der Waals surface area contributed by atoms with Gasteiger partial charge in [0.25, 0.3) is 0 Å². The average molecular weight is 250 g/mol. The Morgan fingerprint density at radius 3 is 2.71 bits per heavy atom. The quantitative estimate of drug-likeness (QED) is 0.873. The summed E-state index contributed by atoms with van der Waals surface area (Å²) in [6.45, 7) is 6.10. The third-order valence-corrected chi connectivity index (χ3v) is 3.33. The fourth-order valence-electron chi connectivity index (χ4n) is 1.60. The van der Waals surface area contributed by atoms with Crippen molar-refractivity contribution in [3.8, 4) is 6.07 Å². The van der Waals surface area contributed by atoms with Crippen LogP contribution in [0.25, 0.3) is 0 Å². The summed E-state index contributed by atoms with van der Waals surface area (Å²) in [7, 11) is 0. The van der Waals surface area contributed by atoms with E-state index in [0.29, 0.717) is 18.8 Å². The Bertz CT molecular complexity index is 417. The summed E-state index contributed by atoms with van der Waals surface area (Å²) in [4.78, 5) is 14.0. The van der Waals surface area contributed by atoms with Gasteiger partial charge in [-0.05, 0) is 31.4 Å². The average Bonchev–Trinajstić information content (AvgIpc) is 2.62. The van der Waals surface area contributed by atoms with Crippen molar-refractivity contribution in [2.24, 2.45) is 5.92 Å². The predicted molar refractivity (Wildman–Crippen MR) is 69.8 cm³/mol. The van der Waals surface area contributed by atoms with Gasteiger partial charge in [-0.2, -0.15) is 5.26 Å². The molecule has 0 aliphatic heterocycles. The van der Waals surface area contributed by atoms with Gasteiger partial charge in [0, 0.05) is 9.75 Å². The van der Waals surface area contributed by atoms with Crippen LogP contribution in [0, 0.1) is 24.2 Å². The summed E-state index contributed by atoms with van der Waals surface area (Å²) in [5, 5.41) is 11.7. The molecule has 0 bridgehead atoms. The Balaban J connectivity index is 2.46. The highest BCUT2D eigenvalue weighted by molar-refractivity contribution is 7.12. The molecule has 1 aromatic heterocycles. The lowest BCUT2D eigenvalue weighted by Crippen LogP contribution is -2.35. The highest BCUT2D eigenvalue weighted by Crippen LogP contribution is 2.15. The van der Waals surface area contributed by atoms with Crippen LogP contribution in [0.2, 0.25) is 0 Å². The van der Waals surface area contributed by atoms with Crippen LogP contribution >= 0.6 is 11.3 Å².